The molecule has 14 heavy (non-hydrogen) atoms. The topological polar surface area (TPSA) is 79.1 Å². The fourth-order valence-electron chi connectivity index (χ4n) is 1.88. The number of fused-ring (bicyclic) bond motifs is 1. The van der Waals surface area contributed by atoms with E-state index < -0.39 is 5.97 Å². The van der Waals surface area contributed by atoms with Gasteiger partial charge in [0.05, 0.1) is 12.0 Å². The lowest BCUT2D eigenvalue weighted by Gasteiger charge is -2.26. The van der Waals surface area contributed by atoms with Gasteiger partial charge in [-0.2, -0.15) is 5.11 Å². The van der Waals surface area contributed by atoms with Crippen molar-refractivity contribution >= 4 is 11.9 Å². The summed E-state index contributed by atoms with van der Waals surface area (Å²) in [6, 6.07) is -0.0525. The summed E-state index contributed by atoms with van der Waals surface area (Å²) in [5, 5.41) is 16.1. The second-order valence-corrected chi connectivity index (χ2v) is 3.61. The van der Waals surface area contributed by atoms with Crippen molar-refractivity contribution in [1.29, 1.82) is 0 Å². The van der Waals surface area contributed by atoms with Gasteiger partial charge in [-0.05, 0) is 24.8 Å². The lowest BCUT2D eigenvalue weighted by Crippen LogP contribution is -2.27. The molecular formula is C9H10N2O3. The van der Waals surface area contributed by atoms with Gasteiger partial charge < -0.3 is 5.11 Å². The van der Waals surface area contributed by atoms with Gasteiger partial charge in [-0.1, -0.05) is 0 Å². The Kier molecular flexibility index (Phi) is 2.15. The Labute approximate surface area is 80.5 Å². The van der Waals surface area contributed by atoms with E-state index in [4.69, 9.17) is 5.11 Å². The van der Waals surface area contributed by atoms with Crippen molar-refractivity contribution in [1.82, 2.24) is 0 Å². The standard InChI is InChI=1S/C9H10N2O3/c12-8-4-6-3-5(9(13)14)1-2-7(6)10-11-8/h4-5,7H,1-3H2,(H,13,14). The van der Waals surface area contributed by atoms with E-state index in [0.717, 1.165) is 5.57 Å². The van der Waals surface area contributed by atoms with Crippen LogP contribution < -0.4 is 0 Å². The van der Waals surface area contributed by atoms with Crippen molar-refractivity contribution in [3.63, 3.8) is 0 Å². The number of carbonyl (C=O) groups excluding carboxylic acids is 1. The quantitative estimate of drug-likeness (QED) is 0.680. The first-order valence-corrected chi connectivity index (χ1v) is 4.55. The predicted molar refractivity (Wildman–Crippen MR) is 46.7 cm³/mol. The van der Waals surface area contributed by atoms with E-state index in [1.54, 1.807) is 0 Å². The van der Waals surface area contributed by atoms with Gasteiger partial charge in [0.15, 0.2) is 0 Å². The highest BCUT2D eigenvalue weighted by Gasteiger charge is 2.31. The number of hydrogen-bond donors (Lipinski definition) is 1. The molecule has 1 fully saturated rings. The molecule has 2 rings (SSSR count). The Bertz CT molecular complexity index is 346. The molecule has 0 radical (unpaired) electrons. The monoisotopic (exact) mass is 194 g/mol. The molecule has 0 spiro atoms. The molecule has 0 bridgehead atoms. The van der Waals surface area contributed by atoms with Gasteiger partial charge in [-0.25, -0.2) is 0 Å². The summed E-state index contributed by atoms with van der Waals surface area (Å²) >= 11 is 0. The van der Waals surface area contributed by atoms with Crippen molar-refractivity contribution in [3.05, 3.63) is 11.6 Å². The van der Waals surface area contributed by atoms with Crippen molar-refractivity contribution in [2.75, 3.05) is 0 Å². The number of hydrogen-bond acceptors (Lipinski definition) is 3. The zero-order chi connectivity index (χ0) is 10.1. The summed E-state index contributed by atoms with van der Waals surface area (Å²) in [5.41, 5.74) is 0.823. The minimum absolute atomic E-state index is 0.0525. The first-order valence-electron chi connectivity index (χ1n) is 4.55. The molecule has 1 heterocycles. The fraction of sp³-hybridized carbons (Fsp3) is 0.556. The third-order valence-electron chi connectivity index (χ3n) is 2.65. The minimum Gasteiger partial charge on any atom is -0.481 e. The van der Waals surface area contributed by atoms with Crippen molar-refractivity contribution in [3.8, 4) is 0 Å². The van der Waals surface area contributed by atoms with Gasteiger partial charge in [0, 0.05) is 6.08 Å². The Morgan fingerprint density at radius 3 is 3.00 bits per heavy atom. The molecule has 0 aromatic carbocycles. The van der Waals surface area contributed by atoms with Crippen LogP contribution >= 0.6 is 0 Å². The summed E-state index contributed by atoms with van der Waals surface area (Å²) in [6.07, 6.45) is 3.15. The van der Waals surface area contributed by atoms with Gasteiger partial charge >= 0.3 is 5.97 Å². The summed E-state index contributed by atoms with van der Waals surface area (Å²) in [7, 11) is 0. The second-order valence-electron chi connectivity index (χ2n) is 3.61. The van der Waals surface area contributed by atoms with E-state index in [2.05, 4.69) is 10.2 Å². The van der Waals surface area contributed by atoms with Crippen molar-refractivity contribution in [2.45, 2.75) is 25.3 Å². The maximum atomic E-state index is 10.9. The zero-order valence-corrected chi connectivity index (χ0v) is 7.51. The molecule has 74 valence electrons. The largest absolute Gasteiger partial charge is 0.481 e. The SMILES string of the molecule is O=C1C=C2CC(C(=O)O)CCC2N=N1. The average molecular weight is 194 g/mol. The van der Waals surface area contributed by atoms with E-state index >= 15 is 0 Å². The van der Waals surface area contributed by atoms with E-state index in [-0.39, 0.29) is 17.9 Å². The van der Waals surface area contributed by atoms with Crippen LogP contribution in [0.15, 0.2) is 21.9 Å². The predicted octanol–water partition coefficient (Wildman–Crippen LogP) is 1.16. The summed E-state index contributed by atoms with van der Waals surface area (Å²) in [6.45, 7) is 0. The van der Waals surface area contributed by atoms with E-state index in [1.165, 1.54) is 6.08 Å². The zero-order valence-electron chi connectivity index (χ0n) is 7.51. The van der Waals surface area contributed by atoms with Crippen LogP contribution in [-0.4, -0.2) is 23.0 Å². The lowest BCUT2D eigenvalue weighted by molar-refractivity contribution is -0.142. The maximum Gasteiger partial charge on any atom is 0.306 e. The molecule has 5 heteroatoms. The second kappa shape index (κ2) is 3.32. The van der Waals surface area contributed by atoms with Crippen LogP contribution in [0.2, 0.25) is 0 Å². The van der Waals surface area contributed by atoms with Gasteiger partial charge in [-0.15, -0.1) is 5.11 Å². The van der Waals surface area contributed by atoms with E-state index in [9.17, 15) is 9.59 Å². The lowest BCUT2D eigenvalue weighted by atomic mass is 9.82. The number of carboxylic acids is 1. The molecule has 5 nitrogen and oxygen atoms in total. The fourth-order valence-corrected chi connectivity index (χ4v) is 1.88. The summed E-state index contributed by atoms with van der Waals surface area (Å²) < 4.78 is 0. The van der Waals surface area contributed by atoms with Crippen LogP contribution in [0.1, 0.15) is 19.3 Å². The number of rotatable bonds is 1. The third kappa shape index (κ3) is 1.57. The van der Waals surface area contributed by atoms with Crippen LogP contribution in [0.3, 0.4) is 0 Å². The van der Waals surface area contributed by atoms with Crippen molar-refractivity contribution in [2.24, 2.45) is 16.1 Å². The average Bonchev–Trinajstić information content (AvgIpc) is 2.16. The molecule has 1 aliphatic carbocycles. The third-order valence-corrected chi connectivity index (χ3v) is 2.65. The molecule has 0 aromatic rings. The molecule has 2 aliphatic rings. The highest BCUT2D eigenvalue weighted by Crippen LogP contribution is 2.32. The Hall–Kier alpha value is -1.52. The Balaban J connectivity index is 2.15. The van der Waals surface area contributed by atoms with Gasteiger partial charge in [0.2, 0.25) is 0 Å². The molecule has 1 amide bonds. The Morgan fingerprint density at radius 1 is 1.50 bits per heavy atom. The molecule has 1 aliphatic heterocycles. The number of carboxylic acid groups (broad SMARTS) is 1. The van der Waals surface area contributed by atoms with Gasteiger partial charge in [0.25, 0.3) is 5.91 Å². The van der Waals surface area contributed by atoms with Crippen LogP contribution in [0, 0.1) is 5.92 Å². The van der Waals surface area contributed by atoms with E-state index in [0.29, 0.717) is 19.3 Å². The number of azo groups is 1. The first kappa shape index (κ1) is 9.05. The molecule has 1 saturated carbocycles. The minimum atomic E-state index is -0.792. The van der Waals surface area contributed by atoms with Crippen LogP contribution in [0.4, 0.5) is 0 Å². The molecule has 1 N–H and O–H groups in total. The molecular weight excluding hydrogens is 184 g/mol. The molecule has 2 atom stereocenters. The molecule has 0 saturated heterocycles. The van der Waals surface area contributed by atoms with Crippen LogP contribution in [0.25, 0.3) is 0 Å². The number of amides is 1. The summed E-state index contributed by atoms with van der Waals surface area (Å²) in [5.74, 6) is -1.53. The molecule has 2 unspecified atom stereocenters. The van der Waals surface area contributed by atoms with Gasteiger partial charge in [-0.3, -0.25) is 9.59 Å². The van der Waals surface area contributed by atoms with Crippen LogP contribution in [-0.2, 0) is 9.59 Å². The van der Waals surface area contributed by atoms with E-state index in [1.807, 2.05) is 0 Å². The highest BCUT2D eigenvalue weighted by molar-refractivity contribution is 5.89. The number of aliphatic carboxylic acids is 1. The first-order chi connectivity index (χ1) is 6.66. The number of nitrogens with zero attached hydrogens (tertiary/aromatic N) is 2. The van der Waals surface area contributed by atoms with Gasteiger partial charge in [0.1, 0.15) is 0 Å². The van der Waals surface area contributed by atoms with Crippen LogP contribution in [0.5, 0.6) is 0 Å². The van der Waals surface area contributed by atoms with Crippen molar-refractivity contribution < 1.29 is 14.7 Å². The maximum absolute atomic E-state index is 10.9. The smallest absolute Gasteiger partial charge is 0.306 e. The molecule has 0 aromatic heterocycles. The highest BCUT2D eigenvalue weighted by atomic mass is 16.4. The normalized spacial score (nSPS) is 30.9. The Morgan fingerprint density at radius 2 is 2.29 bits per heavy atom. The number of carbonyl (C=O) groups is 2. The summed E-state index contributed by atoms with van der Waals surface area (Å²) in [4.78, 5) is 21.7.